The number of carbonyl (C=O) groups is 1. The van der Waals surface area contributed by atoms with Crippen LogP contribution in [0.4, 0.5) is 0 Å². The summed E-state index contributed by atoms with van der Waals surface area (Å²) in [6.45, 7) is 7.61. The molecule has 1 unspecified atom stereocenters. The summed E-state index contributed by atoms with van der Waals surface area (Å²) in [7, 11) is -3.41. The summed E-state index contributed by atoms with van der Waals surface area (Å²) < 4.78 is 26.9. The van der Waals surface area contributed by atoms with Crippen LogP contribution in [0.1, 0.15) is 52.0 Å². The molecule has 0 saturated carbocycles. The van der Waals surface area contributed by atoms with Crippen LogP contribution in [0.25, 0.3) is 0 Å². The minimum Gasteiger partial charge on any atom is -0.349 e. The fraction of sp³-hybridized carbons (Fsp3) is 0.650. The summed E-state index contributed by atoms with van der Waals surface area (Å²) in [6, 6.07) is 6.90. The van der Waals surface area contributed by atoms with Gasteiger partial charge in [-0.25, -0.2) is 8.42 Å². The Morgan fingerprint density at radius 3 is 2.25 bits per heavy atom. The number of piperidine rings is 1. The van der Waals surface area contributed by atoms with E-state index in [1.54, 1.807) is 28.6 Å². The van der Waals surface area contributed by atoms with Crippen molar-refractivity contribution in [2.24, 2.45) is 11.7 Å². The van der Waals surface area contributed by atoms with Gasteiger partial charge in [-0.3, -0.25) is 4.79 Å². The van der Waals surface area contributed by atoms with E-state index in [0.29, 0.717) is 37.4 Å². The third-order valence-electron chi connectivity index (χ3n) is 5.64. The van der Waals surface area contributed by atoms with E-state index in [4.69, 9.17) is 5.73 Å². The molecule has 1 amide bonds. The summed E-state index contributed by atoms with van der Waals surface area (Å²) in [4.78, 5) is 12.6. The number of amides is 1. The van der Waals surface area contributed by atoms with Gasteiger partial charge in [-0.2, -0.15) is 4.31 Å². The summed E-state index contributed by atoms with van der Waals surface area (Å²) in [5.41, 5.74) is 6.34. The minimum absolute atomic E-state index is 0. The van der Waals surface area contributed by atoms with Gasteiger partial charge in [0.15, 0.2) is 0 Å². The first-order valence-electron chi connectivity index (χ1n) is 9.79. The molecule has 1 atom stereocenters. The molecule has 2 rings (SSSR count). The second kappa shape index (κ2) is 10.6. The maximum Gasteiger partial charge on any atom is 0.243 e. The van der Waals surface area contributed by atoms with Gasteiger partial charge in [-0.1, -0.05) is 32.4 Å². The molecule has 1 aliphatic rings. The van der Waals surface area contributed by atoms with Crippen LogP contribution in [0.3, 0.4) is 0 Å². The molecule has 28 heavy (non-hydrogen) atoms. The molecule has 8 heteroatoms. The number of hydrogen-bond donors (Lipinski definition) is 2. The zero-order valence-electron chi connectivity index (χ0n) is 17.1. The van der Waals surface area contributed by atoms with Crippen LogP contribution < -0.4 is 11.1 Å². The molecule has 160 valence electrons. The molecule has 1 fully saturated rings. The molecule has 1 heterocycles. The zero-order chi connectivity index (χ0) is 20.1. The van der Waals surface area contributed by atoms with Gasteiger partial charge >= 0.3 is 0 Å². The summed E-state index contributed by atoms with van der Waals surface area (Å²) in [5.74, 6) is 0.201. The molecular formula is C20H34ClN3O3S. The maximum absolute atomic E-state index is 12.7. The highest BCUT2D eigenvalue weighted by atomic mass is 35.5. The first kappa shape index (κ1) is 24.9. The SMILES string of the molecule is CC(C)C(C)(CN)NC(=O)CCc1ccc(S(=O)(=O)N2CCCCC2)cc1.Cl. The monoisotopic (exact) mass is 431 g/mol. The van der Waals surface area contributed by atoms with Crippen molar-refractivity contribution in [3.8, 4) is 0 Å². The van der Waals surface area contributed by atoms with E-state index in [0.717, 1.165) is 24.8 Å². The normalized spacial score (nSPS) is 17.6. The molecular weight excluding hydrogens is 398 g/mol. The Morgan fingerprint density at radius 2 is 1.75 bits per heavy atom. The second-order valence-corrected chi connectivity index (χ2v) is 9.87. The number of hydrogen-bond acceptors (Lipinski definition) is 4. The predicted molar refractivity (Wildman–Crippen MR) is 115 cm³/mol. The van der Waals surface area contributed by atoms with Gasteiger partial charge in [-0.05, 0) is 49.8 Å². The lowest BCUT2D eigenvalue weighted by Crippen LogP contribution is -2.55. The van der Waals surface area contributed by atoms with Gasteiger partial charge in [0.25, 0.3) is 0 Å². The Kier molecular flexibility index (Phi) is 9.40. The number of carbonyl (C=O) groups excluding carboxylic acids is 1. The largest absolute Gasteiger partial charge is 0.349 e. The van der Waals surface area contributed by atoms with E-state index in [1.807, 2.05) is 20.8 Å². The number of sulfonamides is 1. The highest BCUT2D eigenvalue weighted by molar-refractivity contribution is 7.89. The zero-order valence-corrected chi connectivity index (χ0v) is 18.7. The summed E-state index contributed by atoms with van der Waals surface area (Å²) >= 11 is 0. The standard InChI is InChI=1S/C20H33N3O3S.ClH/c1-16(2)20(3,15-21)22-19(24)12-9-17-7-10-18(11-8-17)27(25,26)23-13-5-4-6-14-23;/h7-8,10-11,16H,4-6,9,12-15,21H2,1-3H3,(H,22,24);1H. The van der Waals surface area contributed by atoms with Crippen molar-refractivity contribution in [1.29, 1.82) is 0 Å². The lowest BCUT2D eigenvalue weighted by atomic mass is 9.88. The van der Waals surface area contributed by atoms with Crippen LogP contribution in [0.5, 0.6) is 0 Å². The van der Waals surface area contributed by atoms with Crippen LogP contribution in [0.2, 0.25) is 0 Å². The van der Waals surface area contributed by atoms with Gasteiger partial charge in [0.05, 0.1) is 10.4 Å². The highest BCUT2D eigenvalue weighted by Gasteiger charge is 2.28. The van der Waals surface area contributed by atoms with Gasteiger partial charge in [-0.15, -0.1) is 12.4 Å². The molecule has 1 aromatic carbocycles. The first-order valence-corrected chi connectivity index (χ1v) is 11.2. The Hall–Kier alpha value is -1.15. The lowest BCUT2D eigenvalue weighted by Gasteiger charge is -2.33. The fourth-order valence-electron chi connectivity index (χ4n) is 3.15. The van der Waals surface area contributed by atoms with Crippen molar-refractivity contribution in [2.75, 3.05) is 19.6 Å². The van der Waals surface area contributed by atoms with E-state index >= 15 is 0 Å². The third kappa shape index (κ3) is 6.17. The smallest absolute Gasteiger partial charge is 0.243 e. The Labute approximate surface area is 175 Å². The molecule has 0 spiro atoms. The lowest BCUT2D eigenvalue weighted by molar-refractivity contribution is -0.123. The number of aryl methyl sites for hydroxylation is 1. The Morgan fingerprint density at radius 1 is 1.18 bits per heavy atom. The van der Waals surface area contributed by atoms with Crippen molar-refractivity contribution >= 4 is 28.3 Å². The van der Waals surface area contributed by atoms with Crippen molar-refractivity contribution in [1.82, 2.24) is 9.62 Å². The molecule has 6 nitrogen and oxygen atoms in total. The molecule has 0 bridgehead atoms. The van der Waals surface area contributed by atoms with Gasteiger partial charge in [0, 0.05) is 26.1 Å². The van der Waals surface area contributed by atoms with E-state index < -0.39 is 15.6 Å². The highest BCUT2D eigenvalue weighted by Crippen LogP contribution is 2.21. The minimum atomic E-state index is -3.41. The summed E-state index contributed by atoms with van der Waals surface area (Å²) in [6.07, 6.45) is 3.84. The average Bonchev–Trinajstić information content (AvgIpc) is 2.67. The number of halogens is 1. The second-order valence-electron chi connectivity index (χ2n) is 7.93. The van der Waals surface area contributed by atoms with Crippen LogP contribution in [0.15, 0.2) is 29.2 Å². The Bertz CT molecular complexity index is 732. The average molecular weight is 432 g/mol. The van der Waals surface area contributed by atoms with E-state index in [9.17, 15) is 13.2 Å². The Balaban J connectivity index is 0.00000392. The van der Waals surface area contributed by atoms with Crippen molar-refractivity contribution in [3.63, 3.8) is 0 Å². The molecule has 1 aliphatic heterocycles. The predicted octanol–water partition coefficient (Wildman–Crippen LogP) is 2.71. The number of rotatable bonds is 8. The van der Waals surface area contributed by atoms with Gasteiger partial charge < -0.3 is 11.1 Å². The quantitative estimate of drug-likeness (QED) is 0.661. The number of nitrogens with two attached hydrogens (primary N) is 1. The van der Waals surface area contributed by atoms with Crippen LogP contribution in [-0.2, 0) is 21.2 Å². The van der Waals surface area contributed by atoms with Crippen molar-refractivity contribution < 1.29 is 13.2 Å². The van der Waals surface area contributed by atoms with Crippen LogP contribution in [0, 0.1) is 5.92 Å². The fourth-order valence-corrected chi connectivity index (χ4v) is 4.67. The molecule has 0 aliphatic carbocycles. The van der Waals surface area contributed by atoms with Gasteiger partial charge in [0.1, 0.15) is 0 Å². The van der Waals surface area contributed by atoms with Crippen molar-refractivity contribution in [3.05, 3.63) is 29.8 Å². The number of nitrogens with one attached hydrogen (secondary N) is 1. The molecule has 3 N–H and O–H groups in total. The molecule has 0 aromatic heterocycles. The topological polar surface area (TPSA) is 92.5 Å². The van der Waals surface area contributed by atoms with E-state index in [-0.39, 0.29) is 24.2 Å². The number of benzene rings is 1. The van der Waals surface area contributed by atoms with E-state index in [1.165, 1.54) is 0 Å². The molecule has 0 radical (unpaired) electrons. The number of nitrogens with zero attached hydrogens (tertiary/aromatic N) is 1. The van der Waals surface area contributed by atoms with Gasteiger partial charge in [0.2, 0.25) is 15.9 Å². The van der Waals surface area contributed by atoms with Crippen LogP contribution >= 0.6 is 12.4 Å². The van der Waals surface area contributed by atoms with Crippen molar-refractivity contribution in [2.45, 2.75) is 63.3 Å². The van der Waals surface area contributed by atoms with Crippen LogP contribution in [-0.4, -0.2) is 43.8 Å². The first-order chi connectivity index (χ1) is 12.7. The molecule has 1 saturated heterocycles. The summed E-state index contributed by atoms with van der Waals surface area (Å²) in [5, 5.41) is 3.02. The van der Waals surface area contributed by atoms with E-state index in [2.05, 4.69) is 5.32 Å². The third-order valence-corrected chi connectivity index (χ3v) is 7.55. The molecule has 1 aromatic rings. The maximum atomic E-state index is 12.7.